The van der Waals surface area contributed by atoms with Gasteiger partial charge < -0.3 is 19.5 Å². The lowest BCUT2D eigenvalue weighted by atomic mass is 9.83. The standard InChI is InChI=1S/C19H23NO5/c1-12-8-9-14-15(17(21)23-2)11-24-18(16(12)14)25-19(22)20-10-13-6-4-3-5-7-13/h3-7,11-12,14,16,18H,8-10H2,1-2H3,(H,20,22). The Labute approximate surface area is 147 Å². The Bertz CT molecular complexity index is 657. The number of esters is 1. The molecule has 1 aliphatic carbocycles. The Morgan fingerprint density at radius 3 is 2.72 bits per heavy atom. The lowest BCUT2D eigenvalue weighted by Gasteiger charge is -2.34. The minimum absolute atomic E-state index is 0.00289. The molecule has 0 aromatic heterocycles. The fourth-order valence-corrected chi connectivity index (χ4v) is 3.70. The van der Waals surface area contributed by atoms with E-state index in [1.165, 1.54) is 13.4 Å². The van der Waals surface area contributed by atoms with Gasteiger partial charge in [0.2, 0.25) is 6.29 Å². The molecule has 0 saturated heterocycles. The predicted octanol–water partition coefficient (Wildman–Crippen LogP) is 2.99. The molecule has 1 amide bonds. The number of ether oxygens (including phenoxy) is 3. The van der Waals surface area contributed by atoms with E-state index in [1.54, 1.807) is 0 Å². The molecule has 1 aliphatic heterocycles. The highest BCUT2D eigenvalue weighted by molar-refractivity contribution is 5.89. The zero-order valence-corrected chi connectivity index (χ0v) is 14.4. The topological polar surface area (TPSA) is 73.9 Å². The summed E-state index contributed by atoms with van der Waals surface area (Å²) in [5.74, 6) is -0.119. The van der Waals surface area contributed by atoms with Crippen molar-refractivity contribution >= 4 is 12.1 Å². The van der Waals surface area contributed by atoms with Crippen molar-refractivity contribution in [3.63, 3.8) is 0 Å². The molecular formula is C19H23NO5. The van der Waals surface area contributed by atoms with Gasteiger partial charge in [-0.3, -0.25) is 0 Å². The van der Waals surface area contributed by atoms with Crippen LogP contribution in [0.2, 0.25) is 0 Å². The summed E-state index contributed by atoms with van der Waals surface area (Å²) in [6.45, 7) is 2.48. The van der Waals surface area contributed by atoms with Crippen LogP contribution in [0.3, 0.4) is 0 Å². The summed E-state index contributed by atoms with van der Waals surface area (Å²) in [6.07, 6.45) is 1.99. The van der Waals surface area contributed by atoms with Gasteiger partial charge in [-0.2, -0.15) is 0 Å². The Morgan fingerprint density at radius 2 is 2.00 bits per heavy atom. The van der Waals surface area contributed by atoms with E-state index in [0.717, 1.165) is 18.4 Å². The van der Waals surface area contributed by atoms with Gasteiger partial charge in [-0.1, -0.05) is 37.3 Å². The fraction of sp³-hybridized carbons (Fsp3) is 0.474. The SMILES string of the molecule is COC(=O)C1=COC(OC(=O)NCc2ccccc2)C2C(C)CCC12. The molecule has 6 heteroatoms. The maximum absolute atomic E-state index is 12.1. The fourth-order valence-electron chi connectivity index (χ4n) is 3.70. The molecule has 4 unspecified atom stereocenters. The number of nitrogens with one attached hydrogen (secondary N) is 1. The summed E-state index contributed by atoms with van der Waals surface area (Å²) in [7, 11) is 1.36. The number of hydrogen-bond donors (Lipinski definition) is 1. The van der Waals surface area contributed by atoms with Gasteiger partial charge in [0, 0.05) is 18.4 Å². The normalized spacial score (nSPS) is 27.5. The number of carbonyl (C=O) groups excluding carboxylic acids is 2. The number of methoxy groups -OCH3 is 1. The smallest absolute Gasteiger partial charge is 0.410 e. The average molecular weight is 345 g/mol. The predicted molar refractivity (Wildman–Crippen MR) is 90.1 cm³/mol. The largest absolute Gasteiger partial charge is 0.466 e. The van der Waals surface area contributed by atoms with Gasteiger partial charge in [-0.25, -0.2) is 9.59 Å². The first-order valence-electron chi connectivity index (χ1n) is 8.52. The van der Waals surface area contributed by atoms with Crippen molar-refractivity contribution < 1.29 is 23.8 Å². The molecule has 0 radical (unpaired) electrons. The average Bonchev–Trinajstić information content (AvgIpc) is 3.03. The Morgan fingerprint density at radius 1 is 1.24 bits per heavy atom. The lowest BCUT2D eigenvalue weighted by Crippen LogP contribution is -2.41. The number of amides is 1. The highest BCUT2D eigenvalue weighted by Crippen LogP contribution is 2.46. The van der Waals surface area contributed by atoms with Crippen LogP contribution >= 0.6 is 0 Å². The zero-order chi connectivity index (χ0) is 17.8. The number of fused-ring (bicyclic) bond motifs is 1. The molecule has 1 saturated carbocycles. The molecule has 134 valence electrons. The Hall–Kier alpha value is -2.50. The first-order chi connectivity index (χ1) is 12.1. The number of carbonyl (C=O) groups is 2. The third-order valence-corrected chi connectivity index (χ3v) is 5.02. The van der Waals surface area contributed by atoms with Crippen molar-refractivity contribution in [3.8, 4) is 0 Å². The molecule has 1 heterocycles. The highest BCUT2D eigenvalue weighted by atomic mass is 16.7. The second kappa shape index (κ2) is 7.59. The van der Waals surface area contributed by atoms with E-state index >= 15 is 0 Å². The summed E-state index contributed by atoms with van der Waals surface area (Å²) in [5, 5.41) is 2.73. The Balaban J connectivity index is 1.63. The van der Waals surface area contributed by atoms with Crippen LogP contribution in [0.15, 0.2) is 42.2 Å². The summed E-state index contributed by atoms with van der Waals surface area (Å²) in [6, 6.07) is 9.60. The summed E-state index contributed by atoms with van der Waals surface area (Å²) >= 11 is 0. The number of benzene rings is 1. The van der Waals surface area contributed by atoms with Crippen LogP contribution in [0.1, 0.15) is 25.3 Å². The van der Waals surface area contributed by atoms with Crippen molar-refractivity contribution in [1.82, 2.24) is 5.32 Å². The van der Waals surface area contributed by atoms with Crippen molar-refractivity contribution in [2.75, 3.05) is 7.11 Å². The van der Waals surface area contributed by atoms with Gasteiger partial charge in [-0.15, -0.1) is 0 Å². The third-order valence-electron chi connectivity index (χ3n) is 5.02. The van der Waals surface area contributed by atoms with E-state index < -0.39 is 12.4 Å². The lowest BCUT2D eigenvalue weighted by molar-refractivity contribution is -0.145. The first kappa shape index (κ1) is 17.3. The highest BCUT2D eigenvalue weighted by Gasteiger charge is 2.48. The molecule has 1 aromatic carbocycles. The van der Waals surface area contributed by atoms with E-state index in [9.17, 15) is 9.59 Å². The minimum atomic E-state index is -0.688. The van der Waals surface area contributed by atoms with Crippen LogP contribution in [-0.2, 0) is 25.5 Å². The second-order valence-electron chi connectivity index (χ2n) is 6.55. The summed E-state index contributed by atoms with van der Waals surface area (Å²) in [4.78, 5) is 24.0. The molecule has 3 rings (SSSR count). The second-order valence-corrected chi connectivity index (χ2v) is 6.55. The van der Waals surface area contributed by atoms with Gasteiger partial charge in [0.15, 0.2) is 0 Å². The van der Waals surface area contributed by atoms with Crippen LogP contribution in [0.4, 0.5) is 4.79 Å². The van der Waals surface area contributed by atoms with Crippen LogP contribution < -0.4 is 5.32 Å². The maximum Gasteiger partial charge on any atom is 0.410 e. The van der Waals surface area contributed by atoms with E-state index in [2.05, 4.69) is 12.2 Å². The third kappa shape index (κ3) is 3.78. The van der Waals surface area contributed by atoms with Gasteiger partial charge in [-0.05, 0) is 24.3 Å². The van der Waals surface area contributed by atoms with Gasteiger partial charge in [0.05, 0.1) is 18.9 Å². The van der Waals surface area contributed by atoms with Crippen LogP contribution in [0.5, 0.6) is 0 Å². The Kier molecular flexibility index (Phi) is 5.26. The molecule has 1 aromatic rings. The molecule has 4 atom stereocenters. The van der Waals surface area contributed by atoms with E-state index in [1.807, 2.05) is 30.3 Å². The molecule has 2 aliphatic rings. The molecule has 0 bridgehead atoms. The molecule has 1 fully saturated rings. The van der Waals surface area contributed by atoms with Crippen molar-refractivity contribution in [2.24, 2.45) is 17.8 Å². The number of alkyl carbamates (subject to hydrolysis) is 1. The minimum Gasteiger partial charge on any atom is -0.466 e. The first-order valence-corrected chi connectivity index (χ1v) is 8.52. The number of hydrogen-bond acceptors (Lipinski definition) is 5. The molecule has 0 spiro atoms. The monoisotopic (exact) mass is 345 g/mol. The van der Waals surface area contributed by atoms with E-state index in [-0.39, 0.29) is 17.8 Å². The molecule has 6 nitrogen and oxygen atoms in total. The summed E-state index contributed by atoms with van der Waals surface area (Å²) < 4.78 is 15.9. The maximum atomic E-state index is 12.1. The van der Waals surface area contributed by atoms with Crippen LogP contribution in [0, 0.1) is 17.8 Å². The van der Waals surface area contributed by atoms with Gasteiger partial charge >= 0.3 is 12.1 Å². The van der Waals surface area contributed by atoms with Gasteiger partial charge in [0.1, 0.15) is 0 Å². The quantitative estimate of drug-likeness (QED) is 0.849. The summed E-state index contributed by atoms with van der Waals surface area (Å²) in [5.41, 5.74) is 1.52. The van der Waals surface area contributed by atoms with Crippen molar-refractivity contribution in [3.05, 3.63) is 47.7 Å². The van der Waals surface area contributed by atoms with Crippen LogP contribution in [0.25, 0.3) is 0 Å². The number of rotatable bonds is 4. The van der Waals surface area contributed by atoms with Crippen molar-refractivity contribution in [2.45, 2.75) is 32.6 Å². The zero-order valence-electron chi connectivity index (χ0n) is 14.4. The van der Waals surface area contributed by atoms with Gasteiger partial charge in [0.25, 0.3) is 0 Å². The van der Waals surface area contributed by atoms with Crippen molar-refractivity contribution in [1.29, 1.82) is 0 Å². The van der Waals surface area contributed by atoms with E-state index in [0.29, 0.717) is 18.0 Å². The molecule has 1 N–H and O–H groups in total. The molecule has 25 heavy (non-hydrogen) atoms. The van der Waals surface area contributed by atoms with Crippen LogP contribution in [-0.4, -0.2) is 25.5 Å². The van der Waals surface area contributed by atoms with E-state index in [4.69, 9.17) is 14.2 Å². The molecular weight excluding hydrogens is 322 g/mol.